The van der Waals surface area contributed by atoms with Gasteiger partial charge in [0.15, 0.2) is 0 Å². The predicted octanol–water partition coefficient (Wildman–Crippen LogP) is 4.64. The van der Waals surface area contributed by atoms with Crippen molar-refractivity contribution in [2.75, 3.05) is 0 Å². The molecular formula is C15H19F3O. The molecule has 0 spiro atoms. The van der Waals surface area contributed by atoms with E-state index in [0.717, 1.165) is 12.1 Å². The lowest BCUT2D eigenvalue weighted by atomic mass is 9.87. The Kier molecular flexibility index (Phi) is 4.77. The van der Waals surface area contributed by atoms with Crippen molar-refractivity contribution in [3.63, 3.8) is 0 Å². The molecule has 0 aliphatic carbocycles. The molecule has 0 atom stereocenters. The molecule has 0 saturated carbocycles. The van der Waals surface area contributed by atoms with Crippen molar-refractivity contribution in [3.8, 4) is 0 Å². The lowest BCUT2D eigenvalue weighted by Crippen LogP contribution is -2.19. The van der Waals surface area contributed by atoms with Crippen LogP contribution in [0.15, 0.2) is 24.3 Å². The van der Waals surface area contributed by atoms with Crippen LogP contribution in [0.2, 0.25) is 0 Å². The zero-order valence-electron chi connectivity index (χ0n) is 11.5. The molecule has 0 aromatic heterocycles. The summed E-state index contributed by atoms with van der Waals surface area (Å²) in [7, 11) is 0. The average molecular weight is 272 g/mol. The quantitative estimate of drug-likeness (QED) is 0.780. The highest BCUT2D eigenvalue weighted by molar-refractivity contribution is 5.83. The van der Waals surface area contributed by atoms with Gasteiger partial charge in [0.2, 0.25) is 0 Å². The number of carbonyl (C=O) groups is 1. The minimum Gasteiger partial charge on any atom is -0.299 e. The van der Waals surface area contributed by atoms with Gasteiger partial charge in [-0.3, -0.25) is 4.79 Å². The third kappa shape index (κ3) is 5.05. The Hall–Kier alpha value is -1.32. The molecule has 1 nitrogen and oxygen atoms in total. The Morgan fingerprint density at radius 3 is 2.32 bits per heavy atom. The van der Waals surface area contributed by atoms with Gasteiger partial charge in [-0.25, -0.2) is 0 Å². The Morgan fingerprint density at radius 2 is 1.79 bits per heavy atom. The molecule has 0 aliphatic rings. The molecule has 0 heterocycles. The first-order valence-electron chi connectivity index (χ1n) is 6.30. The van der Waals surface area contributed by atoms with Gasteiger partial charge < -0.3 is 0 Å². The van der Waals surface area contributed by atoms with Gasteiger partial charge in [-0.15, -0.1) is 0 Å². The Labute approximate surface area is 111 Å². The number of hydrogen-bond acceptors (Lipinski definition) is 1. The summed E-state index contributed by atoms with van der Waals surface area (Å²) in [4.78, 5) is 11.7. The zero-order valence-corrected chi connectivity index (χ0v) is 11.5. The summed E-state index contributed by atoms with van der Waals surface area (Å²) >= 11 is 0. The van der Waals surface area contributed by atoms with Gasteiger partial charge in [-0.1, -0.05) is 39.0 Å². The summed E-state index contributed by atoms with van der Waals surface area (Å²) in [6, 6.07) is 5.28. The van der Waals surface area contributed by atoms with Gasteiger partial charge in [0.05, 0.1) is 5.56 Å². The molecule has 0 bridgehead atoms. The molecule has 0 aliphatic heterocycles. The van der Waals surface area contributed by atoms with Crippen LogP contribution in [-0.2, 0) is 17.4 Å². The number of aryl methyl sites for hydroxylation is 1. The molecular weight excluding hydrogens is 253 g/mol. The number of rotatable bonds is 4. The number of ketones is 1. The second-order valence-electron chi connectivity index (χ2n) is 5.72. The van der Waals surface area contributed by atoms with Gasteiger partial charge in [0.25, 0.3) is 0 Å². The lowest BCUT2D eigenvalue weighted by molar-refractivity contribution is -0.137. The third-order valence-corrected chi connectivity index (χ3v) is 2.96. The van der Waals surface area contributed by atoms with E-state index in [9.17, 15) is 18.0 Å². The van der Waals surface area contributed by atoms with Crippen LogP contribution < -0.4 is 0 Å². The first-order valence-corrected chi connectivity index (χ1v) is 6.30. The van der Waals surface area contributed by atoms with Gasteiger partial charge >= 0.3 is 6.18 Å². The molecule has 1 aromatic rings. The SMILES string of the molecule is CC(C)(C)C(=O)CCCc1cccc(C(F)(F)F)c1. The number of carbonyl (C=O) groups excluding carboxylic acids is 1. The van der Waals surface area contributed by atoms with Crippen LogP contribution in [-0.4, -0.2) is 5.78 Å². The highest BCUT2D eigenvalue weighted by Crippen LogP contribution is 2.29. The van der Waals surface area contributed by atoms with Crippen molar-refractivity contribution in [2.45, 2.75) is 46.2 Å². The van der Waals surface area contributed by atoms with Crippen LogP contribution in [0.1, 0.15) is 44.7 Å². The minimum atomic E-state index is -4.31. The second-order valence-corrected chi connectivity index (χ2v) is 5.72. The number of hydrogen-bond donors (Lipinski definition) is 0. The molecule has 4 heteroatoms. The van der Waals surface area contributed by atoms with E-state index in [0.29, 0.717) is 24.8 Å². The van der Waals surface area contributed by atoms with Crippen molar-refractivity contribution < 1.29 is 18.0 Å². The molecule has 1 aromatic carbocycles. The van der Waals surface area contributed by atoms with E-state index in [1.807, 2.05) is 20.8 Å². The fourth-order valence-electron chi connectivity index (χ4n) is 1.73. The fraction of sp³-hybridized carbons (Fsp3) is 0.533. The van der Waals surface area contributed by atoms with Crippen molar-refractivity contribution in [2.24, 2.45) is 5.41 Å². The fourth-order valence-corrected chi connectivity index (χ4v) is 1.73. The van der Waals surface area contributed by atoms with Gasteiger partial charge in [0, 0.05) is 11.8 Å². The summed E-state index contributed by atoms with van der Waals surface area (Å²) in [6.07, 6.45) is -2.83. The molecule has 0 N–H and O–H groups in total. The number of benzene rings is 1. The van der Waals surface area contributed by atoms with Crippen LogP contribution in [0.4, 0.5) is 13.2 Å². The summed E-state index contributed by atoms with van der Waals surface area (Å²) in [5.74, 6) is 0.138. The average Bonchev–Trinajstić information content (AvgIpc) is 2.27. The first-order chi connectivity index (χ1) is 8.60. The highest BCUT2D eigenvalue weighted by Gasteiger charge is 2.30. The maximum atomic E-state index is 12.5. The minimum absolute atomic E-state index is 0.138. The number of halogens is 3. The molecule has 0 amide bonds. The van der Waals surface area contributed by atoms with Crippen molar-refractivity contribution in [1.82, 2.24) is 0 Å². The van der Waals surface area contributed by atoms with E-state index >= 15 is 0 Å². The Bertz CT molecular complexity index is 441. The van der Waals surface area contributed by atoms with Crippen molar-refractivity contribution >= 4 is 5.78 Å². The molecule has 0 saturated heterocycles. The smallest absolute Gasteiger partial charge is 0.299 e. The van der Waals surface area contributed by atoms with Gasteiger partial charge in [0.1, 0.15) is 5.78 Å². The molecule has 0 unspecified atom stereocenters. The first kappa shape index (κ1) is 15.7. The molecule has 19 heavy (non-hydrogen) atoms. The van der Waals surface area contributed by atoms with Crippen LogP contribution in [0.5, 0.6) is 0 Å². The van der Waals surface area contributed by atoms with Crippen LogP contribution >= 0.6 is 0 Å². The lowest BCUT2D eigenvalue weighted by Gasteiger charge is -2.16. The molecule has 0 fully saturated rings. The summed E-state index contributed by atoms with van der Waals surface area (Å²) in [5, 5.41) is 0. The highest BCUT2D eigenvalue weighted by atomic mass is 19.4. The monoisotopic (exact) mass is 272 g/mol. The predicted molar refractivity (Wildman–Crippen MR) is 68.8 cm³/mol. The van der Waals surface area contributed by atoms with Gasteiger partial charge in [-0.2, -0.15) is 13.2 Å². The summed E-state index contributed by atoms with van der Waals surface area (Å²) in [6.45, 7) is 5.54. The summed E-state index contributed by atoms with van der Waals surface area (Å²) < 4.78 is 37.6. The van der Waals surface area contributed by atoms with E-state index in [2.05, 4.69) is 0 Å². The van der Waals surface area contributed by atoms with E-state index < -0.39 is 11.7 Å². The maximum Gasteiger partial charge on any atom is 0.416 e. The van der Waals surface area contributed by atoms with E-state index in [1.165, 1.54) is 6.07 Å². The van der Waals surface area contributed by atoms with E-state index in [-0.39, 0.29) is 11.2 Å². The van der Waals surface area contributed by atoms with E-state index in [4.69, 9.17) is 0 Å². The standard InChI is InChI=1S/C15H19F3O/c1-14(2,3)13(19)9-5-7-11-6-4-8-12(10-11)15(16,17)18/h4,6,8,10H,5,7,9H2,1-3H3. The van der Waals surface area contributed by atoms with Crippen LogP contribution in [0.25, 0.3) is 0 Å². The Morgan fingerprint density at radius 1 is 1.16 bits per heavy atom. The van der Waals surface area contributed by atoms with Crippen LogP contribution in [0, 0.1) is 5.41 Å². The summed E-state index contributed by atoms with van der Waals surface area (Å²) in [5.41, 5.74) is -0.392. The van der Waals surface area contributed by atoms with Crippen LogP contribution in [0.3, 0.4) is 0 Å². The topological polar surface area (TPSA) is 17.1 Å². The largest absolute Gasteiger partial charge is 0.416 e. The van der Waals surface area contributed by atoms with E-state index in [1.54, 1.807) is 6.07 Å². The maximum absolute atomic E-state index is 12.5. The third-order valence-electron chi connectivity index (χ3n) is 2.96. The zero-order chi connectivity index (χ0) is 14.7. The van der Waals surface area contributed by atoms with Crippen molar-refractivity contribution in [3.05, 3.63) is 35.4 Å². The number of alkyl halides is 3. The molecule has 106 valence electrons. The van der Waals surface area contributed by atoms with Crippen molar-refractivity contribution in [1.29, 1.82) is 0 Å². The molecule has 0 radical (unpaired) electrons. The molecule has 1 rings (SSSR count). The Balaban J connectivity index is 2.58. The number of Topliss-reactive ketones (excluding diaryl/α,β-unsaturated/α-hetero) is 1. The normalized spacial score (nSPS) is 12.5. The van der Waals surface area contributed by atoms with Gasteiger partial charge in [-0.05, 0) is 24.5 Å². The second kappa shape index (κ2) is 5.76.